The maximum Gasteiger partial charge on any atom is 0.217 e. The van der Waals surface area contributed by atoms with Crippen molar-refractivity contribution in [1.82, 2.24) is 0 Å². The summed E-state index contributed by atoms with van der Waals surface area (Å²) in [6, 6.07) is 0. The summed E-state index contributed by atoms with van der Waals surface area (Å²) >= 11 is 0.661. The molecule has 0 rings (SSSR count). The Labute approximate surface area is 40.2 Å². The molecule has 0 radical (unpaired) electrons. The highest BCUT2D eigenvalue weighted by Gasteiger charge is 1.88. The number of hydrogen-bond acceptors (Lipinski definition) is 4. The molecule has 0 aliphatic carbocycles. The first-order valence-corrected chi connectivity index (χ1v) is 2.29. The molecule has 0 unspecified atom stereocenters. The highest BCUT2D eigenvalue weighted by molar-refractivity contribution is 8.11. The van der Waals surface area contributed by atoms with Gasteiger partial charge in [0.1, 0.15) is 0 Å². The van der Waals surface area contributed by atoms with E-state index in [2.05, 4.69) is 0 Å². The predicted octanol–water partition coefficient (Wildman–Crippen LogP) is -0.921. The average molecular weight is 106 g/mol. The zero-order valence-corrected chi connectivity index (χ0v) is 3.99. The molecule has 0 aromatic heterocycles. The van der Waals surface area contributed by atoms with Crippen molar-refractivity contribution in [3.63, 3.8) is 0 Å². The fraction of sp³-hybridized carbons (Fsp3) is 0.500. The second kappa shape index (κ2) is 3.14. The van der Waals surface area contributed by atoms with E-state index in [4.69, 9.17) is 10.9 Å². The summed E-state index contributed by atoms with van der Waals surface area (Å²) in [7, 11) is 0. The first-order valence-electron chi connectivity index (χ1n) is 1.41. The van der Waals surface area contributed by atoms with E-state index >= 15 is 0 Å². The number of carbonyl (C=O) groups excluding carboxylic acids is 1. The fourth-order valence-electron chi connectivity index (χ4n) is 0.0481. The van der Waals surface area contributed by atoms with Crippen LogP contribution in [-0.2, 0) is 4.79 Å². The van der Waals surface area contributed by atoms with Crippen LogP contribution in [0.5, 0.6) is 0 Å². The molecule has 4 N–H and O–H groups in total. The van der Waals surface area contributed by atoms with Gasteiger partial charge in [0, 0.05) is 0 Å². The maximum atomic E-state index is 9.89. The van der Waals surface area contributed by atoms with Gasteiger partial charge >= 0.3 is 0 Å². The summed E-state index contributed by atoms with van der Waals surface area (Å²) in [5.74, 6) is 0. The minimum Gasteiger partial charge on any atom is -0.323 e. The zero-order chi connectivity index (χ0) is 4.99. The van der Waals surface area contributed by atoms with Gasteiger partial charge in [0.25, 0.3) is 0 Å². The van der Waals surface area contributed by atoms with Gasteiger partial charge in [0.15, 0.2) is 0 Å². The van der Waals surface area contributed by atoms with Gasteiger partial charge in [-0.25, -0.2) is 0 Å². The van der Waals surface area contributed by atoms with E-state index in [0.29, 0.717) is 11.9 Å². The Morgan fingerprint density at radius 1 is 1.83 bits per heavy atom. The Hall–Kier alpha value is -0.0600. The van der Waals surface area contributed by atoms with Gasteiger partial charge in [-0.05, 0) is 11.9 Å². The molecular formula is C2H6N2OS. The molecule has 36 valence electrons. The van der Waals surface area contributed by atoms with Crippen LogP contribution in [0.2, 0.25) is 0 Å². The third-order valence-corrected chi connectivity index (χ3v) is 0.728. The van der Waals surface area contributed by atoms with Gasteiger partial charge in [-0.3, -0.25) is 9.93 Å². The van der Waals surface area contributed by atoms with E-state index in [9.17, 15) is 4.79 Å². The predicted molar refractivity (Wildman–Crippen MR) is 25.8 cm³/mol. The topological polar surface area (TPSA) is 69.1 Å². The molecule has 0 aliphatic rings. The van der Waals surface area contributed by atoms with Crippen molar-refractivity contribution in [2.75, 3.05) is 6.54 Å². The van der Waals surface area contributed by atoms with E-state index in [1.54, 1.807) is 0 Å². The van der Waals surface area contributed by atoms with Crippen LogP contribution in [0, 0.1) is 0 Å². The molecule has 0 aromatic carbocycles. The largest absolute Gasteiger partial charge is 0.323 e. The van der Waals surface area contributed by atoms with Crippen molar-refractivity contribution in [3.8, 4) is 0 Å². The smallest absolute Gasteiger partial charge is 0.217 e. The summed E-state index contributed by atoms with van der Waals surface area (Å²) < 4.78 is 0. The molecule has 0 saturated carbocycles. The van der Waals surface area contributed by atoms with Crippen LogP contribution in [0.15, 0.2) is 0 Å². The van der Waals surface area contributed by atoms with Crippen molar-refractivity contribution in [2.24, 2.45) is 10.9 Å². The van der Waals surface area contributed by atoms with Crippen LogP contribution in [0.1, 0.15) is 0 Å². The molecule has 0 heterocycles. The van der Waals surface area contributed by atoms with Crippen molar-refractivity contribution < 1.29 is 4.79 Å². The molecule has 0 bridgehead atoms. The molecule has 0 atom stereocenters. The number of nitrogens with two attached hydrogens (primary N) is 2. The van der Waals surface area contributed by atoms with Crippen molar-refractivity contribution in [3.05, 3.63) is 0 Å². The van der Waals surface area contributed by atoms with E-state index in [0.717, 1.165) is 0 Å². The standard InChI is InChI=1S/C2H6N2OS/c3-1-2(5)6-4/h1,3-4H2. The third-order valence-electron chi connectivity index (χ3n) is 0.298. The zero-order valence-electron chi connectivity index (χ0n) is 3.18. The number of hydrogen-bond donors (Lipinski definition) is 2. The summed E-state index contributed by atoms with van der Waals surface area (Å²) in [6.45, 7) is 0.0289. The van der Waals surface area contributed by atoms with Crippen LogP contribution < -0.4 is 10.9 Å². The number of rotatable bonds is 1. The second-order valence-corrected chi connectivity index (χ2v) is 1.39. The second-order valence-electron chi connectivity index (χ2n) is 0.694. The molecule has 0 fully saturated rings. The lowest BCUT2D eigenvalue weighted by Gasteiger charge is -1.81. The summed E-state index contributed by atoms with van der Waals surface area (Å²) in [4.78, 5) is 9.89. The lowest BCUT2D eigenvalue weighted by molar-refractivity contribution is -0.109. The van der Waals surface area contributed by atoms with Crippen LogP contribution >= 0.6 is 11.9 Å². The Bertz CT molecular complexity index is 49.5. The van der Waals surface area contributed by atoms with Gasteiger partial charge in [-0.1, -0.05) is 0 Å². The Morgan fingerprint density at radius 2 is 2.33 bits per heavy atom. The van der Waals surface area contributed by atoms with E-state index in [1.165, 1.54) is 0 Å². The van der Waals surface area contributed by atoms with Crippen molar-refractivity contribution in [1.29, 1.82) is 0 Å². The van der Waals surface area contributed by atoms with E-state index < -0.39 is 0 Å². The third kappa shape index (κ3) is 2.19. The Morgan fingerprint density at radius 3 is 2.33 bits per heavy atom. The SMILES string of the molecule is NCC(=O)SN. The van der Waals surface area contributed by atoms with Crippen molar-refractivity contribution in [2.45, 2.75) is 0 Å². The average Bonchev–Trinajstić information content (AvgIpc) is 1.65. The maximum absolute atomic E-state index is 9.89. The summed E-state index contributed by atoms with van der Waals surface area (Å²) in [6.07, 6.45) is 0. The lowest BCUT2D eigenvalue weighted by Crippen LogP contribution is -2.10. The minimum absolute atomic E-state index is 0.0289. The Balaban J connectivity index is 2.99. The first-order chi connectivity index (χ1) is 2.81. The van der Waals surface area contributed by atoms with Gasteiger partial charge in [0.05, 0.1) is 6.54 Å². The molecule has 0 saturated heterocycles. The van der Waals surface area contributed by atoms with Crippen LogP contribution in [0.4, 0.5) is 0 Å². The molecule has 0 aromatic rings. The summed E-state index contributed by atoms with van der Waals surface area (Å²) in [5, 5.41) is 4.58. The molecule has 0 spiro atoms. The molecule has 6 heavy (non-hydrogen) atoms. The van der Waals surface area contributed by atoms with Gasteiger partial charge < -0.3 is 5.73 Å². The van der Waals surface area contributed by atoms with Crippen LogP contribution in [0.3, 0.4) is 0 Å². The highest BCUT2D eigenvalue weighted by Crippen LogP contribution is 1.81. The van der Waals surface area contributed by atoms with E-state index in [1.807, 2.05) is 0 Å². The van der Waals surface area contributed by atoms with Gasteiger partial charge in [0.2, 0.25) is 5.12 Å². The molecular weight excluding hydrogens is 100 g/mol. The van der Waals surface area contributed by atoms with Gasteiger partial charge in [-0.15, -0.1) is 0 Å². The first kappa shape index (κ1) is 5.94. The monoisotopic (exact) mass is 106 g/mol. The molecule has 0 amide bonds. The minimum atomic E-state index is -0.185. The highest BCUT2D eigenvalue weighted by atomic mass is 32.2. The van der Waals surface area contributed by atoms with Crippen LogP contribution in [0.25, 0.3) is 0 Å². The summed E-state index contributed by atoms with van der Waals surface area (Å²) in [5.41, 5.74) is 4.83. The van der Waals surface area contributed by atoms with Crippen molar-refractivity contribution >= 4 is 17.1 Å². The Kier molecular flexibility index (Phi) is 3.11. The van der Waals surface area contributed by atoms with Gasteiger partial charge in [-0.2, -0.15) is 0 Å². The lowest BCUT2D eigenvalue weighted by atomic mass is 10.8. The molecule has 3 nitrogen and oxygen atoms in total. The van der Waals surface area contributed by atoms with E-state index in [-0.39, 0.29) is 11.7 Å². The normalized spacial score (nSPS) is 8.33. The fourth-order valence-corrected chi connectivity index (χ4v) is 0.144. The molecule has 0 aliphatic heterocycles. The number of carbonyl (C=O) groups is 1. The molecule has 4 heteroatoms. The van der Waals surface area contributed by atoms with Crippen LogP contribution in [-0.4, -0.2) is 11.7 Å². The quantitative estimate of drug-likeness (QED) is 0.424.